The lowest BCUT2D eigenvalue weighted by molar-refractivity contribution is 0.0697. The Bertz CT molecular complexity index is 689. The Labute approximate surface area is 119 Å². The fourth-order valence-corrected chi connectivity index (χ4v) is 1.96. The largest absolute Gasteiger partial charge is 0.507 e. The summed E-state index contributed by atoms with van der Waals surface area (Å²) < 4.78 is 26.6. The summed E-state index contributed by atoms with van der Waals surface area (Å²) in [6.45, 7) is 1.64. The van der Waals surface area contributed by atoms with E-state index in [0.29, 0.717) is 5.56 Å². The highest BCUT2D eigenvalue weighted by atomic mass is 19.1. The summed E-state index contributed by atoms with van der Waals surface area (Å²) in [6, 6.07) is 6.33. The van der Waals surface area contributed by atoms with E-state index in [9.17, 15) is 18.7 Å². The highest BCUT2D eigenvalue weighted by Crippen LogP contribution is 2.28. The van der Waals surface area contributed by atoms with Crippen LogP contribution in [-0.2, 0) is 0 Å². The number of anilines is 1. The van der Waals surface area contributed by atoms with Crippen molar-refractivity contribution in [2.24, 2.45) is 0 Å². The lowest BCUT2D eigenvalue weighted by Crippen LogP contribution is -2.09. The van der Waals surface area contributed by atoms with E-state index in [0.717, 1.165) is 24.3 Å². The summed E-state index contributed by atoms with van der Waals surface area (Å²) >= 11 is 0. The number of halogens is 2. The van der Waals surface area contributed by atoms with Crippen LogP contribution in [0.15, 0.2) is 36.4 Å². The Morgan fingerprint density at radius 2 is 1.90 bits per heavy atom. The fraction of sp³-hybridized carbons (Fsp3) is 0.133. The van der Waals surface area contributed by atoms with Crippen molar-refractivity contribution in [2.75, 3.05) is 5.32 Å². The molecule has 0 amide bonds. The van der Waals surface area contributed by atoms with Crippen LogP contribution in [0.1, 0.15) is 28.9 Å². The average molecular weight is 293 g/mol. The zero-order chi connectivity index (χ0) is 15.6. The predicted molar refractivity (Wildman–Crippen MR) is 73.5 cm³/mol. The van der Waals surface area contributed by atoms with Crippen molar-refractivity contribution in [3.8, 4) is 5.75 Å². The molecule has 0 aliphatic carbocycles. The van der Waals surface area contributed by atoms with Gasteiger partial charge < -0.3 is 15.5 Å². The molecule has 1 unspecified atom stereocenters. The van der Waals surface area contributed by atoms with E-state index < -0.39 is 23.6 Å². The standard InChI is InChI=1S/C15H13F2NO3/c1-8(11-4-3-10(16)7-14(11)19)18-13-6-9(15(20)21)2-5-12(13)17/h2-8,18-19H,1H3,(H,20,21). The van der Waals surface area contributed by atoms with Gasteiger partial charge in [-0.05, 0) is 31.2 Å². The number of carboxylic acid groups (broad SMARTS) is 1. The number of phenols is 1. The monoisotopic (exact) mass is 293 g/mol. The molecule has 0 aliphatic rings. The van der Waals surface area contributed by atoms with Crippen molar-refractivity contribution in [1.82, 2.24) is 0 Å². The lowest BCUT2D eigenvalue weighted by Gasteiger charge is -2.17. The molecule has 6 heteroatoms. The van der Waals surface area contributed by atoms with Gasteiger partial charge in [-0.15, -0.1) is 0 Å². The zero-order valence-corrected chi connectivity index (χ0v) is 11.1. The SMILES string of the molecule is CC(Nc1cc(C(=O)O)ccc1F)c1ccc(F)cc1O. The van der Waals surface area contributed by atoms with Crippen molar-refractivity contribution in [2.45, 2.75) is 13.0 Å². The van der Waals surface area contributed by atoms with E-state index in [-0.39, 0.29) is 17.0 Å². The molecule has 2 rings (SSSR count). The smallest absolute Gasteiger partial charge is 0.335 e. The summed E-state index contributed by atoms with van der Waals surface area (Å²) in [6.07, 6.45) is 0. The molecule has 0 aromatic heterocycles. The summed E-state index contributed by atoms with van der Waals surface area (Å²) in [7, 11) is 0. The Morgan fingerprint density at radius 3 is 2.52 bits per heavy atom. The summed E-state index contributed by atoms with van der Waals surface area (Å²) in [4.78, 5) is 10.9. The van der Waals surface area contributed by atoms with Gasteiger partial charge in [0.15, 0.2) is 0 Å². The van der Waals surface area contributed by atoms with Gasteiger partial charge in [-0.25, -0.2) is 13.6 Å². The third-order valence-corrected chi connectivity index (χ3v) is 3.04. The Morgan fingerprint density at radius 1 is 1.19 bits per heavy atom. The molecule has 0 spiro atoms. The van der Waals surface area contributed by atoms with E-state index in [4.69, 9.17) is 5.11 Å². The van der Waals surface area contributed by atoms with Gasteiger partial charge in [0, 0.05) is 11.6 Å². The van der Waals surface area contributed by atoms with Gasteiger partial charge in [0.05, 0.1) is 17.3 Å². The van der Waals surface area contributed by atoms with Crippen LogP contribution in [0.4, 0.5) is 14.5 Å². The maximum Gasteiger partial charge on any atom is 0.335 e. The first-order valence-corrected chi connectivity index (χ1v) is 6.16. The van der Waals surface area contributed by atoms with E-state index in [1.54, 1.807) is 6.92 Å². The number of hydrogen-bond donors (Lipinski definition) is 3. The Balaban J connectivity index is 2.28. The number of carboxylic acids is 1. The molecular weight excluding hydrogens is 280 g/mol. The van der Waals surface area contributed by atoms with Gasteiger partial charge in [0.2, 0.25) is 0 Å². The Kier molecular flexibility index (Phi) is 4.07. The second-order valence-electron chi connectivity index (χ2n) is 4.57. The zero-order valence-electron chi connectivity index (χ0n) is 11.1. The van der Waals surface area contributed by atoms with Gasteiger partial charge in [0.25, 0.3) is 0 Å². The number of hydrogen-bond acceptors (Lipinski definition) is 3. The van der Waals surface area contributed by atoms with Gasteiger partial charge in [-0.1, -0.05) is 6.07 Å². The van der Waals surface area contributed by atoms with Crippen LogP contribution in [0.2, 0.25) is 0 Å². The molecule has 1 atom stereocenters. The summed E-state index contributed by atoms with van der Waals surface area (Å²) in [5, 5.41) is 21.3. The van der Waals surface area contributed by atoms with Crippen LogP contribution in [0.25, 0.3) is 0 Å². The first-order chi connectivity index (χ1) is 9.88. The van der Waals surface area contributed by atoms with Gasteiger partial charge in [0.1, 0.15) is 17.4 Å². The molecular formula is C15H13F2NO3. The van der Waals surface area contributed by atoms with Crippen LogP contribution in [0.5, 0.6) is 5.75 Å². The minimum Gasteiger partial charge on any atom is -0.507 e. The third kappa shape index (κ3) is 3.28. The second kappa shape index (κ2) is 5.78. The van der Waals surface area contributed by atoms with Crippen LogP contribution >= 0.6 is 0 Å². The highest BCUT2D eigenvalue weighted by molar-refractivity contribution is 5.88. The number of nitrogens with one attached hydrogen (secondary N) is 1. The average Bonchev–Trinajstić information content (AvgIpc) is 2.40. The number of carbonyl (C=O) groups is 1. The molecule has 2 aromatic carbocycles. The van der Waals surface area contributed by atoms with Crippen molar-refractivity contribution >= 4 is 11.7 Å². The minimum atomic E-state index is -1.17. The van der Waals surface area contributed by atoms with Crippen LogP contribution in [0, 0.1) is 11.6 Å². The molecule has 0 bridgehead atoms. The third-order valence-electron chi connectivity index (χ3n) is 3.04. The highest BCUT2D eigenvalue weighted by Gasteiger charge is 2.14. The molecule has 0 saturated heterocycles. The van der Waals surface area contributed by atoms with Crippen molar-refractivity contribution in [1.29, 1.82) is 0 Å². The van der Waals surface area contributed by atoms with Crippen molar-refractivity contribution in [3.05, 3.63) is 59.2 Å². The molecule has 0 radical (unpaired) electrons. The lowest BCUT2D eigenvalue weighted by atomic mass is 10.1. The first-order valence-electron chi connectivity index (χ1n) is 6.16. The molecule has 110 valence electrons. The number of benzene rings is 2. The summed E-state index contributed by atoms with van der Waals surface area (Å²) in [5.74, 6) is -2.63. The van der Waals surface area contributed by atoms with Crippen LogP contribution in [-0.4, -0.2) is 16.2 Å². The number of phenolic OH excluding ortho intramolecular Hbond substituents is 1. The number of aromatic carboxylic acids is 1. The maximum atomic E-state index is 13.7. The number of aromatic hydroxyl groups is 1. The molecule has 4 nitrogen and oxygen atoms in total. The van der Waals surface area contributed by atoms with Crippen molar-refractivity contribution in [3.63, 3.8) is 0 Å². The maximum absolute atomic E-state index is 13.7. The molecule has 3 N–H and O–H groups in total. The van der Waals surface area contributed by atoms with E-state index >= 15 is 0 Å². The molecule has 0 saturated carbocycles. The second-order valence-corrected chi connectivity index (χ2v) is 4.57. The molecule has 2 aromatic rings. The molecule has 0 heterocycles. The summed E-state index contributed by atoms with van der Waals surface area (Å²) in [5.41, 5.74) is 0.303. The van der Waals surface area contributed by atoms with E-state index in [2.05, 4.69) is 5.32 Å². The van der Waals surface area contributed by atoms with Gasteiger partial charge in [-0.3, -0.25) is 0 Å². The quantitative estimate of drug-likeness (QED) is 0.806. The van der Waals surface area contributed by atoms with E-state index in [1.165, 1.54) is 12.1 Å². The van der Waals surface area contributed by atoms with Gasteiger partial charge >= 0.3 is 5.97 Å². The van der Waals surface area contributed by atoms with Crippen molar-refractivity contribution < 1.29 is 23.8 Å². The van der Waals surface area contributed by atoms with Crippen LogP contribution < -0.4 is 5.32 Å². The first kappa shape index (κ1) is 14.8. The topological polar surface area (TPSA) is 69.6 Å². The molecule has 0 aliphatic heterocycles. The number of rotatable bonds is 4. The minimum absolute atomic E-state index is 0.00822. The normalized spacial score (nSPS) is 12.0. The Hall–Kier alpha value is -2.63. The fourth-order valence-electron chi connectivity index (χ4n) is 1.96. The molecule has 0 fully saturated rings. The van der Waals surface area contributed by atoms with Crippen LogP contribution in [0.3, 0.4) is 0 Å². The predicted octanol–water partition coefficient (Wildman–Crippen LogP) is 3.54. The van der Waals surface area contributed by atoms with Gasteiger partial charge in [-0.2, -0.15) is 0 Å². The molecule has 21 heavy (non-hydrogen) atoms. The van der Waals surface area contributed by atoms with E-state index in [1.807, 2.05) is 0 Å².